The van der Waals surface area contributed by atoms with E-state index in [-0.39, 0.29) is 30.2 Å². The Kier molecular flexibility index (Phi) is 5.18. The Hall–Kier alpha value is -1.59. The average Bonchev–Trinajstić information content (AvgIpc) is 2.85. The summed E-state index contributed by atoms with van der Waals surface area (Å²) >= 11 is 0. The van der Waals surface area contributed by atoms with Crippen LogP contribution in [0.4, 0.5) is 4.79 Å². The number of rotatable bonds is 4. The molecule has 142 valence electrons. The fourth-order valence-electron chi connectivity index (χ4n) is 5.03. The number of aliphatic hydroxyl groups excluding tert-OH is 1. The van der Waals surface area contributed by atoms with Gasteiger partial charge in [0.05, 0.1) is 32.0 Å². The molecule has 5 nitrogen and oxygen atoms in total. The summed E-state index contributed by atoms with van der Waals surface area (Å²) in [4.78, 5) is 13.9. The number of amides is 1. The molecule has 1 aromatic rings. The lowest BCUT2D eigenvalue weighted by atomic mass is 9.78. The van der Waals surface area contributed by atoms with Gasteiger partial charge >= 0.3 is 6.09 Å². The molecule has 26 heavy (non-hydrogen) atoms. The van der Waals surface area contributed by atoms with Gasteiger partial charge in [-0.2, -0.15) is 0 Å². The summed E-state index contributed by atoms with van der Waals surface area (Å²) in [7, 11) is 1.41. The van der Waals surface area contributed by atoms with E-state index in [0.29, 0.717) is 12.5 Å². The summed E-state index contributed by atoms with van der Waals surface area (Å²) in [5, 5.41) is 10.6. The number of benzene rings is 1. The van der Waals surface area contributed by atoms with E-state index in [4.69, 9.17) is 9.47 Å². The van der Waals surface area contributed by atoms with Gasteiger partial charge in [0.1, 0.15) is 0 Å². The molecule has 1 heterocycles. The third-order valence-corrected chi connectivity index (χ3v) is 6.67. The van der Waals surface area contributed by atoms with Crippen molar-refractivity contribution in [2.75, 3.05) is 13.7 Å². The van der Waals surface area contributed by atoms with Crippen LogP contribution in [0.2, 0.25) is 0 Å². The van der Waals surface area contributed by atoms with Gasteiger partial charge in [0.25, 0.3) is 0 Å². The van der Waals surface area contributed by atoms with E-state index in [1.807, 2.05) is 0 Å². The maximum Gasteiger partial charge on any atom is 0.410 e. The summed E-state index contributed by atoms with van der Waals surface area (Å²) in [6, 6.07) is 10.6. The average molecular weight is 359 g/mol. The molecule has 0 bridgehead atoms. The van der Waals surface area contributed by atoms with Crippen molar-refractivity contribution >= 4 is 6.09 Å². The number of hydrogen-bond acceptors (Lipinski definition) is 4. The van der Waals surface area contributed by atoms with Gasteiger partial charge in [-0.3, -0.25) is 4.90 Å². The van der Waals surface area contributed by atoms with Crippen LogP contribution in [0.5, 0.6) is 0 Å². The van der Waals surface area contributed by atoms with Crippen LogP contribution in [-0.4, -0.2) is 54.1 Å². The van der Waals surface area contributed by atoms with Crippen molar-refractivity contribution in [2.24, 2.45) is 5.92 Å². The monoisotopic (exact) mass is 359 g/mol. The second kappa shape index (κ2) is 7.57. The predicted octanol–water partition coefficient (Wildman–Crippen LogP) is 3.32. The number of carbonyl (C=O) groups excluding carboxylic acids is 1. The van der Waals surface area contributed by atoms with Gasteiger partial charge in [-0.05, 0) is 50.0 Å². The molecule has 0 radical (unpaired) electrons. The number of carbonyl (C=O) groups is 1. The van der Waals surface area contributed by atoms with E-state index in [1.165, 1.54) is 12.7 Å². The first kappa shape index (κ1) is 17.8. The summed E-state index contributed by atoms with van der Waals surface area (Å²) in [6.45, 7) is 0.407. The number of ether oxygens (including phenoxy) is 2. The first-order chi connectivity index (χ1) is 12.7. The van der Waals surface area contributed by atoms with Crippen molar-refractivity contribution in [3.63, 3.8) is 0 Å². The van der Waals surface area contributed by atoms with Crippen molar-refractivity contribution in [3.8, 4) is 0 Å². The van der Waals surface area contributed by atoms with Crippen LogP contribution < -0.4 is 0 Å². The second-order valence-electron chi connectivity index (χ2n) is 7.96. The zero-order chi connectivity index (χ0) is 18.1. The number of hydrogen-bond donors (Lipinski definition) is 1. The Morgan fingerprint density at radius 3 is 2.46 bits per heavy atom. The van der Waals surface area contributed by atoms with E-state index < -0.39 is 6.10 Å². The molecule has 0 spiro atoms. The van der Waals surface area contributed by atoms with Crippen molar-refractivity contribution in [1.82, 2.24) is 4.90 Å². The minimum absolute atomic E-state index is 0.125. The fraction of sp³-hybridized carbons (Fsp3) is 0.667. The quantitative estimate of drug-likeness (QED) is 0.896. The third-order valence-electron chi connectivity index (χ3n) is 6.67. The second-order valence-corrected chi connectivity index (χ2v) is 7.96. The van der Waals surface area contributed by atoms with E-state index in [1.54, 1.807) is 4.90 Å². The summed E-state index contributed by atoms with van der Waals surface area (Å²) in [6.07, 6.45) is 5.67. The van der Waals surface area contributed by atoms with Crippen LogP contribution in [0.25, 0.3) is 0 Å². The Labute approximate surface area is 155 Å². The lowest BCUT2D eigenvalue weighted by Crippen LogP contribution is -2.47. The molecule has 3 fully saturated rings. The highest BCUT2D eigenvalue weighted by Gasteiger charge is 2.55. The first-order valence-electron chi connectivity index (χ1n) is 9.90. The fourth-order valence-corrected chi connectivity index (χ4v) is 5.03. The maximum atomic E-state index is 12.1. The summed E-state index contributed by atoms with van der Waals surface area (Å²) < 4.78 is 11.1. The number of nitrogens with zero attached hydrogens (tertiary/aromatic N) is 1. The Morgan fingerprint density at radius 1 is 1.12 bits per heavy atom. The Morgan fingerprint density at radius 2 is 1.85 bits per heavy atom. The minimum atomic E-state index is -0.492. The normalized spacial score (nSPS) is 36.3. The van der Waals surface area contributed by atoms with Crippen LogP contribution in [0.1, 0.15) is 50.0 Å². The number of likely N-dealkylation sites (tertiary alicyclic amines) is 1. The smallest absolute Gasteiger partial charge is 0.410 e. The van der Waals surface area contributed by atoms with Crippen molar-refractivity contribution in [1.29, 1.82) is 0 Å². The molecule has 0 aromatic heterocycles. The number of aliphatic hydroxyl groups is 1. The summed E-state index contributed by atoms with van der Waals surface area (Å²) in [5.41, 5.74) is 1.42. The third kappa shape index (κ3) is 3.23. The molecular formula is C21H29NO4. The molecule has 3 aliphatic rings. The zero-order valence-electron chi connectivity index (χ0n) is 15.4. The maximum absolute atomic E-state index is 12.1. The van der Waals surface area contributed by atoms with Crippen LogP contribution in [0.3, 0.4) is 0 Å². The highest BCUT2D eigenvalue weighted by Crippen LogP contribution is 2.44. The van der Waals surface area contributed by atoms with Gasteiger partial charge in [0, 0.05) is 12.0 Å². The minimum Gasteiger partial charge on any atom is -0.453 e. The van der Waals surface area contributed by atoms with Gasteiger partial charge < -0.3 is 14.6 Å². The lowest BCUT2D eigenvalue weighted by molar-refractivity contribution is -0.0258. The molecule has 1 aliphatic heterocycles. The largest absolute Gasteiger partial charge is 0.453 e. The highest BCUT2D eigenvalue weighted by atomic mass is 16.5. The van der Waals surface area contributed by atoms with Crippen molar-refractivity contribution in [2.45, 2.75) is 68.7 Å². The van der Waals surface area contributed by atoms with Crippen LogP contribution in [-0.2, 0) is 9.47 Å². The SMILES string of the molecule is COC(=O)N1C(COC2CCC(c3ccccc3)CC2)C(O)C2CCC21. The van der Waals surface area contributed by atoms with Gasteiger partial charge in [-0.1, -0.05) is 30.3 Å². The zero-order valence-corrected chi connectivity index (χ0v) is 15.4. The van der Waals surface area contributed by atoms with E-state index in [2.05, 4.69) is 30.3 Å². The summed E-state index contributed by atoms with van der Waals surface area (Å²) in [5.74, 6) is 0.812. The van der Waals surface area contributed by atoms with Gasteiger partial charge in [-0.15, -0.1) is 0 Å². The molecule has 5 heteroatoms. The highest BCUT2D eigenvalue weighted by molar-refractivity contribution is 5.69. The molecule has 4 atom stereocenters. The first-order valence-corrected chi connectivity index (χ1v) is 9.90. The van der Waals surface area contributed by atoms with E-state index >= 15 is 0 Å². The molecule has 1 aromatic carbocycles. The van der Waals surface area contributed by atoms with Gasteiger partial charge in [0.2, 0.25) is 0 Å². The molecule has 2 saturated carbocycles. The van der Waals surface area contributed by atoms with Crippen molar-refractivity contribution in [3.05, 3.63) is 35.9 Å². The van der Waals surface area contributed by atoms with Gasteiger partial charge in [0.15, 0.2) is 0 Å². The molecular weight excluding hydrogens is 330 g/mol. The number of methoxy groups -OCH3 is 1. The standard InChI is InChI=1S/C21H29NO4/c1-25-21(24)22-18-12-11-17(18)20(23)19(22)13-26-16-9-7-15(8-10-16)14-5-3-2-4-6-14/h2-6,15-20,23H,7-13H2,1H3. The van der Waals surface area contributed by atoms with Crippen LogP contribution in [0, 0.1) is 5.92 Å². The number of fused-ring (bicyclic) bond motifs is 1. The lowest BCUT2D eigenvalue weighted by Gasteiger charge is -2.36. The van der Waals surface area contributed by atoms with E-state index in [9.17, 15) is 9.90 Å². The van der Waals surface area contributed by atoms with Crippen LogP contribution in [0.15, 0.2) is 30.3 Å². The molecule has 4 rings (SSSR count). The van der Waals surface area contributed by atoms with Crippen LogP contribution >= 0.6 is 0 Å². The predicted molar refractivity (Wildman–Crippen MR) is 97.9 cm³/mol. The molecule has 1 amide bonds. The topological polar surface area (TPSA) is 59.0 Å². The molecule has 2 aliphatic carbocycles. The molecule has 1 saturated heterocycles. The molecule has 4 unspecified atom stereocenters. The molecule has 1 N–H and O–H groups in total. The Bertz CT molecular complexity index is 614. The Balaban J connectivity index is 1.31. The van der Waals surface area contributed by atoms with Gasteiger partial charge in [-0.25, -0.2) is 4.79 Å². The van der Waals surface area contributed by atoms with Crippen molar-refractivity contribution < 1.29 is 19.4 Å². The van der Waals surface area contributed by atoms with E-state index in [0.717, 1.165) is 38.5 Å².